The molecule has 2 aliphatic rings. The molecule has 5 heteroatoms. The number of rotatable bonds is 3. The van der Waals surface area contributed by atoms with Crippen LogP contribution in [0.15, 0.2) is 24.5 Å². The van der Waals surface area contributed by atoms with Crippen LogP contribution >= 0.6 is 0 Å². The predicted octanol–water partition coefficient (Wildman–Crippen LogP) is 2.18. The van der Waals surface area contributed by atoms with E-state index in [1.54, 1.807) is 0 Å². The summed E-state index contributed by atoms with van der Waals surface area (Å²) in [5.41, 5.74) is 3.01. The van der Waals surface area contributed by atoms with Crippen molar-refractivity contribution in [1.29, 1.82) is 0 Å². The topological polar surface area (TPSA) is 58.4 Å². The van der Waals surface area contributed by atoms with Gasteiger partial charge in [-0.15, -0.1) is 0 Å². The van der Waals surface area contributed by atoms with E-state index in [0.717, 1.165) is 23.3 Å². The number of hydrogen-bond acceptors (Lipinski definition) is 3. The molecule has 2 aromatic rings. The second-order valence-electron chi connectivity index (χ2n) is 6.98. The van der Waals surface area contributed by atoms with Crippen molar-refractivity contribution in [1.82, 2.24) is 20.0 Å². The van der Waals surface area contributed by atoms with E-state index >= 15 is 0 Å². The van der Waals surface area contributed by atoms with Gasteiger partial charge in [0.25, 0.3) is 0 Å². The van der Waals surface area contributed by atoms with Crippen LogP contribution < -0.4 is 10.6 Å². The number of amides is 1. The monoisotopic (exact) mass is 312 g/mol. The molecular weight excluding hydrogens is 288 g/mol. The molecular formula is C18H24N4O. The first-order valence-electron chi connectivity index (χ1n) is 8.67. The lowest BCUT2D eigenvalue weighted by atomic mass is 9.85. The Morgan fingerprint density at radius 2 is 2.30 bits per heavy atom. The molecule has 3 atom stereocenters. The van der Waals surface area contributed by atoms with Crippen LogP contribution in [0.1, 0.15) is 43.4 Å². The van der Waals surface area contributed by atoms with Gasteiger partial charge in [0, 0.05) is 18.4 Å². The zero-order chi connectivity index (χ0) is 15.8. The van der Waals surface area contributed by atoms with Crippen molar-refractivity contribution in [3.8, 4) is 0 Å². The number of imidazole rings is 1. The van der Waals surface area contributed by atoms with Crippen LogP contribution in [0.25, 0.3) is 5.65 Å². The van der Waals surface area contributed by atoms with Gasteiger partial charge in [-0.25, -0.2) is 4.98 Å². The van der Waals surface area contributed by atoms with Crippen molar-refractivity contribution in [2.45, 2.75) is 57.7 Å². The van der Waals surface area contributed by atoms with Crippen molar-refractivity contribution < 1.29 is 4.79 Å². The highest BCUT2D eigenvalue weighted by Gasteiger charge is 2.38. The summed E-state index contributed by atoms with van der Waals surface area (Å²) in [6.07, 6.45) is 10.1. The van der Waals surface area contributed by atoms with E-state index in [9.17, 15) is 4.79 Å². The molecule has 1 saturated heterocycles. The smallest absolute Gasteiger partial charge is 0.237 e. The van der Waals surface area contributed by atoms with E-state index in [-0.39, 0.29) is 11.9 Å². The predicted molar refractivity (Wildman–Crippen MR) is 89.1 cm³/mol. The van der Waals surface area contributed by atoms with Crippen molar-refractivity contribution in [3.63, 3.8) is 0 Å². The zero-order valence-electron chi connectivity index (χ0n) is 13.6. The fourth-order valence-corrected chi connectivity index (χ4v) is 4.11. The van der Waals surface area contributed by atoms with Crippen LogP contribution in [-0.2, 0) is 11.3 Å². The van der Waals surface area contributed by atoms with Crippen LogP contribution in [0, 0.1) is 12.8 Å². The molecule has 1 aliphatic heterocycles. The Hall–Kier alpha value is -1.88. The Kier molecular flexibility index (Phi) is 3.81. The third kappa shape index (κ3) is 2.85. The third-order valence-corrected chi connectivity index (χ3v) is 5.35. The summed E-state index contributed by atoms with van der Waals surface area (Å²) >= 11 is 0. The summed E-state index contributed by atoms with van der Waals surface area (Å²) in [6.45, 7) is 2.54. The summed E-state index contributed by atoms with van der Waals surface area (Å²) in [5.74, 6) is 0.811. The minimum absolute atomic E-state index is 0.0260. The quantitative estimate of drug-likeness (QED) is 0.913. The van der Waals surface area contributed by atoms with Crippen molar-refractivity contribution in [2.24, 2.45) is 5.92 Å². The van der Waals surface area contributed by atoms with Crippen LogP contribution in [0.3, 0.4) is 0 Å². The van der Waals surface area contributed by atoms with Crippen LogP contribution in [0.5, 0.6) is 0 Å². The molecule has 0 radical (unpaired) electrons. The number of fused-ring (bicyclic) bond motifs is 2. The Morgan fingerprint density at radius 1 is 1.43 bits per heavy atom. The second kappa shape index (κ2) is 5.96. The van der Waals surface area contributed by atoms with E-state index < -0.39 is 0 Å². The lowest BCUT2D eigenvalue weighted by Crippen LogP contribution is -2.42. The number of aromatic nitrogens is 2. The summed E-state index contributed by atoms with van der Waals surface area (Å²) in [5, 5.41) is 6.58. The SMILES string of the molecule is Cc1cccn2cc(CNC(=O)C3CC4CCCCC4N3)nc12. The van der Waals surface area contributed by atoms with Gasteiger partial charge in [-0.2, -0.15) is 0 Å². The van der Waals surface area contributed by atoms with Gasteiger partial charge in [0.15, 0.2) is 0 Å². The number of carbonyl (C=O) groups is 1. The summed E-state index contributed by atoms with van der Waals surface area (Å²) < 4.78 is 2.01. The van der Waals surface area contributed by atoms with Gasteiger partial charge in [0.2, 0.25) is 5.91 Å². The molecule has 23 heavy (non-hydrogen) atoms. The molecule has 5 nitrogen and oxygen atoms in total. The van der Waals surface area contributed by atoms with Crippen LogP contribution in [0.2, 0.25) is 0 Å². The Morgan fingerprint density at radius 3 is 3.13 bits per heavy atom. The largest absolute Gasteiger partial charge is 0.349 e. The zero-order valence-corrected chi connectivity index (χ0v) is 13.6. The number of nitrogens with zero attached hydrogens (tertiary/aromatic N) is 2. The second-order valence-corrected chi connectivity index (χ2v) is 6.98. The average molecular weight is 312 g/mol. The molecule has 0 bridgehead atoms. The van der Waals surface area contributed by atoms with Gasteiger partial charge < -0.3 is 15.0 Å². The average Bonchev–Trinajstić information content (AvgIpc) is 3.17. The summed E-state index contributed by atoms with van der Waals surface area (Å²) in [4.78, 5) is 17.0. The van der Waals surface area contributed by atoms with E-state index in [0.29, 0.717) is 18.5 Å². The van der Waals surface area contributed by atoms with Gasteiger partial charge in [0.05, 0.1) is 18.3 Å². The molecule has 1 amide bonds. The molecule has 0 aromatic carbocycles. The maximum Gasteiger partial charge on any atom is 0.237 e. The van der Waals surface area contributed by atoms with Gasteiger partial charge in [-0.05, 0) is 43.7 Å². The minimum atomic E-state index is -0.0260. The number of nitrogens with one attached hydrogen (secondary N) is 2. The van der Waals surface area contributed by atoms with E-state index in [4.69, 9.17) is 0 Å². The van der Waals surface area contributed by atoms with Gasteiger partial charge in [-0.3, -0.25) is 4.79 Å². The van der Waals surface area contributed by atoms with Crippen molar-refractivity contribution in [2.75, 3.05) is 0 Å². The summed E-state index contributed by atoms with van der Waals surface area (Å²) in [6, 6.07) is 4.59. The number of aryl methyl sites for hydroxylation is 1. The number of hydrogen-bond donors (Lipinski definition) is 2. The first-order valence-corrected chi connectivity index (χ1v) is 8.67. The highest BCUT2D eigenvalue weighted by molar-refractivity contribution is 5.82. The standard InChI is InChI=1S/C18H24N4O/c1-12-5-4-8-22-11-14(20-17(12)22)10-19-18(23)16-9-13-6-2-3-7-15(13)21-16/h4-5,8,11,13,15-16,21H,2-3,6-7,9-10H2,1H3,(H,19,23). The van der Waals surface area contributed by atoms with E-state index in [2.05, 4.69) is 28.6 Å². The van der Waals surface area contributed by atoms with E-state index in [1.165, 1.54) is 25.7 Å². The van der Waals surface area contributed by atoms with Crippen molar-refractivity contribution >= 4 is 11.6 Å². The fourth-order valence-electron chi connectivity index (χ4n) is 4.11. The lowest BCUT2D eigenvalue weighted by molar-refractivity contribution is -0.123. The molecule has 0 spiro atoms. The van der Waals surface area contributed by atoms with Gasteiger partial charge in [0.1, 0.15) is 5.65 Å². The van der Waals surface area contributed by atoms with E-state index in [1.807, 2.05) is 22.9 Å². The van der Waals surface area contributed by atoms with Gasteiger partial charge in [-0.1, -0.05) is 18.9 Å². The first-order chi connectivity index (χ1) is 11.2. The van der Waals surface area contributed by atoms with Crippen LogP contribution in [0.4, 0.5) is 0 Å². The molecule has 2 aromatic heterocycles. The number of pyridine rings is 1. The molecule has 1 saturated carbocycles. The van der Waals surface area contributed by atoms with Crippen molar-refractivity contribution in [3.05, 3.63) is 35.8 Å². The first kappa shape index (κ1) is 14.7. The summed E-state index contributed by atoms with van der Waals surface area (Å²) in [7, 11) is 0. The highest BCUT2D eigenvalue weighted by atomic mass is 16.2. The Balaban J connectivity index is 1.38. The highest BCUT2D eigenvalue weighted by Crippen LogP contribution is 2.33. The Bertz CT molecular complexity index is 709. The molecule has 3 unspecified atom stereocenters. The molecule has 2 N–H and O–H groups in total. The molecule has 122 valence electrons. The maximum atomic E-state index is 12.4. The number of carbonyl (C=O) groups excluding carboxylic acids is 1. The lowest BCUT2D eigenvalue weighted by Gasteiger charge is -2.24. The third-order valence-electron chi connectivity index (χ3n) is 5.35. The molecule has 4 rings (SSSR count). The minimum Gasteiger partial charge on any atom is -0.349 e. The fraction of sp³-hybridized carbons (Fsp3) is 0.556. The normalized spacial score (nSPS) is 27.1. The maximum absolute atomic E-state index is 12.4. The van der Waals surface area contributed by atoms with Crippen LogP contribution in [-0.4, -0.2) is 27.4 Å². The Labute approximate surface area is 136 Å². The van der Waals surface area contributed by atoms with Gasteiger partial charge >= 0.3 is 0 Å². The molecule has 3 heterocycles. The molecule has 2 fully saturated rings. The molecule has 1 aliphatic carbocycles.